The van der Waals surface area contributed by atoms with E-state index in [1.54, 1.807) is 0 Å². The van der Waals surface area contributed by atoms with Crippen molar-refractivity contribution in [2.24, 2.45) is 0 Å². The molecule has 2 aliphatic heterocycles. The molecule has 1 aromatic heterocycles. The molecular weight excluding hydrogens is 912 g/mol. The first kappa shape index (κ1) is 41.1. The van der Waals surface area contributed by atoms with Gasteiger partial charge in [0.05, 0.1) is 16.5 Å². The molecule has 0 amide bonds. The largest absolute Gasteiger partial charge is 0.311 e. The molecule has 0 fully saturated rings. The number of hydrogen-bond acceptors (Lipinski definition) is 3. The van der Waals surface area contributed by atoms with Gasteiger partial charge in [0.25, 0.3) is 6.71 Å². The predicted octanol–water partition coefficient (Wildman–Crippen LogP) is 15.8. The summed E-state index contributed by atoms with van der Waals surface area (Å²) in [6.07, 6.45) is 0. The first-order valence-electron chi connectivity index (χ1n) is 26.2. The number of thiophene rings is 1. The van der Waals surface area contributed by atoms with Gasteiger partial charge < -0.3 is 9.80 Å². The Morgan fingerprint density at radius 1 is 0.378 bits per heavy atom. The zero-order valence-corrected chi connectivity index (χ0v) is 42.1. The lowest BCUT2D eigenvalue weighted by Gasteiger charge is -2.44. The third kappa shape index (κ3) is 4.80. The molecule has 0 N–H and O–H groups in total. The lowest BCUT2D eigenvalue weighted by atomic mass is 9.36. The van der Waals surface area contributed by atoms with Crippen molar-refractivity contribution in [1.29, 1.82) is 0 Å². The molecule has 4 aliphatic carbocycles. The molecule has 11 aromatic rings. The third-order valence-electron chi connectivity index (χ3n) is 17.8. The zero-order valence-electron chi connectivity index (χ0n) is 41.3. The highest BCUT2D eigenvalue weighted by Gasteiger charge is 2.58. The lowest BCUT2D eigenvalue weighted by Crippen LogP contribution is -2.60. The SMILES string of the molecule is CC(C)(C)c1ccc2c(c1)C1(c3ccccc3-2)c2ccccc2-c2cc3c(cc21)B1c2sc4c(c2N(c2ccccc2)c2cccc(c21)N3c1ccccc1)-c1ccccc1C41c2ccccc2-c2ccccc21. The summed E-state index contributed by atoms with van der Waals surface area (Å²) < 4.78 is 1.40. The van der Waals surface area contributed by atoms with Crippen molar-refractivity contribution in [3.05, 3.63) is 280 Å². The van der Waals surface area contributed by atoms with E-state index in [2.05, 4.69) is 272 Å². The molecule has 2 spiro atoms. The van der Waals surface area contributed by atoms with Gasteiger partial charge in [-0.2, -0.15) is 0 Å². The van der Waals surface area contributed by atoms with Gasteiger partial charge in [0.2, 0.25) is 0 Å². The van der Waals surface area contributed by atoms with Gasteiger partial charge in [-0.25, -0.2) is 0 Å². The van der Waals surface area contributed by atoms with Crippen LogP contribution in [0.1, 0.15) is 70.2 Å². The van der Waals surface area contributed by atoms with Crippen LogP contribution in [0.15, 0.2) is 231 Å². The maximum Gasteiger partial charge on any atom is 0.264 e. The van der Waals surface area contributed by atoms with E-state index < -0.39 is 10.8 Å². The van der Waals surface area contributed by atoms with Crippen molar-refractivity contribution in [3.63, 3.8) is 0 Å². The highest BCUT2D eigenvalue weighted by molar-refractivity contribution is 7.30. The highest BCUT2D eigenvalue weighted by Crippen LogP contribution is 2.68. The van der Waals surface area contributed by atoms with Crippen molar-refractivity contribution in [2.75, 3.05) is 9.80 Å². The molecule has 6 aliphatic rings. The van der Waals surface area contributed by atoms with E-state index in [9.17, 15) is 0 Å². The van der Waals surface area contributed by atoms with Gasteiger partial charge in [-0.3, -0.25) is 0 Å². The van der Waals surface area contributed by atoms with Crippen LogP contribution in [-0.2, 0) is 16.2 Å². The summed E-state index contributed by atoms with van der Waals surface area (Å²) in [4.78, 5) is 6.64. The summed E-state index contributed by atoms with van der Waals surface area (Å²) in [5, 5.41) is 0. The first-order valence-corrected chi connectivity index (χ1v) is 27.0. The molecule has 0 bridgehead atoms. The Hall–Kier alpha value is -8.44. The van der Waals surface area contributed by atoms with Crippen molar-refractivity contribution in [1.82, 2.24) is 0 Å². The maximum absolute atomic E-state index is 2.71. The Morgan fingerprint density at radius 2 is 0.838 bits per heavy atom. The summed E-state index contributed by atoms with van der Waals surface area (Å²) in [5.74, 6) is 0. The Kier molecular flexibility index (Phi) is 7.88. The summed E-state index contributed by atoms with van der Waals surface area (Å²) in [6.45, 7) is 6.99. The number of fused-ring (bicyclic) bond motifs is 25. The van der Waals surface area contributed by atoms with E-state index in [-0.39, 0.29) is 12.1 Å². The molecule has 1 atom stereocenters. The fourth-order valence-electron chi connectivity index (χ4n) is 15.0. The number of rotatable bonds is 2. The summed E-state index contributed by atoms with van der Waals surface area (Å²) >= 11 is 2.07. The molecule has 1 unspecified atom stereocenters. The Balaban J connectivity index is 1.03. The Morgan fingerprint density at radius 3 is 1.42 bits per heavy atom. The van der Waals surface area contributed by atoms with Gasteiger partial charge in [0.1, 0.15) is 0 Å². The number of benzene rings is 10. The fourth-order valence-corrected chi connectivity index (χ4v) is 16.6. The van der Waals surface area contributed by atoms with E-state index in [4.69, 9.17) is 0 Å². The second kappa shape index (κ2) is 14.2. The van der Waals surface area contributed by atoms with Crippen LogP contribution in [0.25, 0.3) is 44.5 Å². The Labute approximate surface area is 436 Å². The third-order valence-corrected chi connectivity index (χ3v) is 19.2. The van der Waals surface area contributed by atoms with Gasteiger partial charge in [-0.1, -0.05) is 209 Å². The maximum atomic E-state index is 2.71. The molecule has 0 saturated carbocycles. The average Bonchev–Trinajstić information content (AvgIpc) is 4.33. The molecule has 0 radical (unpaired) electrons. The topological polar surface area (TPSA) is 6.48 Å². The second-order valence-corrected chi connectivity index (χ2v) is 23.3. The van der Waals surface area contributed by atoms with Crippen molar-refractivity contribution in [2.45, 2.75) is 37.0 Å². The van der Waals surface area contributed by atoms with E-state index in [1.807, 2.05) is 0 Å². The van der Waals surface area contributed by atoms with Gasteiger partial charge in [0.15, 0.2) is 0 Å². The molecule has 0 saturated heterocycles. The van der Waals surface area contributed by atoms with E-state index in [0.717, 1.165) is 5.69 Å². The molecule has 4 heteroatoms. The van der Waals surface area contributed by atoms with Gasteiger partial charge in [-0.15, -0.1) is 11.3 Å². The lowest BCUT2D eigenvalue weighted by molar-refractivity contribution is 0.588. The van der Waals surface area contributed by atoms with Crippen LogP contribution in [0.2, 0.25) is 0 Å². The number of nitrogens with zero attached hydrogens (tertiary/aromatic N) is 2. The smallest absolute Gasteiger partial charge is 0.264 e. The Bertz CT molecular complexity index is 4230. The summed E-state index contributed by atoms with van der Waals surface area (Å²) in [7, 11) is 0. The van der Waals surface area contributed by atoms with Gasteiger partial charge >= 0.3 is 0 Å². The first-order chi connectivity index (χ1) is 36.4. The van der Waals surface area contributed by atoms with Gasteiger partial charge in [0, 0.05) is 43.7 Å². The van der Waals surface area contributed by atoms with E-state index in [0.29, 0.717) is 0 Å². The monoisotopic (exact) mass is 958 g/mol. The highest BCUT2D eigenvalue weighted by atomic mass is 32.1. The van der Waals surface area contributed by atoms with Crippen molar-refractivity contribution >= 4 is 67.9 Å². The van der Waals surface area contributed by atoms with Crippen LogP contribution in [0.4, 0.5) is 34.1 Å². The van der Waals surface area contributed by atoms with Crippen LogP contribution >= 0.6 is 11.3 Å². The average molecular weight is 959 g/mol. The predicted molar refractivity (Wildman–Crippen MR) is 310 cm³/mol. The molecule has 2 nitrogen and oxygen atoms in total. The molecule has 3 heterocycles. The van der Waals surface area contributed by atoms with E-state index in [1.165, 1.54) is 138 Å². The number of anilines is 6. The molecule has 346 valence electrons. The summed E-state index contributed by atoms with van der Waals surface area (Å²) in [5.41, 5.74) is 30.6. The minimum Gasteiger partial charge on any atom is -0.311 e. The molecular formula is C70H47BN2S. The van der Waals surface area contributed by atoms with Crippen LogP contribution in [0.5, 0.6) is 0 Å². The number of para-hydroxylation sites is 2. The molecule has 17 rings (SSSR count). The molecule has 10 aromatic carbocycles. The minimum atomic E-state index is -0.517. The zero-order chi connectivity index (χ0) is 48.8. The fraction of sp³-hybridized carbons (Fsp3) is 0.0857. The van der Waals surface area contributed by atoms with E-state index >= 15 is 0 Å². The minimum absolute atomic E-state index is 0.0306. The summed E-state index contributed by atoms with van der Waals surface area (Å²) in [6, 6.07) is 88.5. The van der Waals surface area contributed by atoms with Crippen molar-refractivity contribution < 1.29 is 0 Å². The second-order valence-electron chi connectivity index (χ2n) is 22.2. The number of hydrogen-bond donors (Lipinski definition) is 0. The quantitative estimate of drug-likeness (QED) is 0.159. The van der Waals surface area contributed by atoms with Crippen LogP contribution in [-0.4, -0.2) is 6.71 Å². The van der Waals surface area contributed by atoms with Gasteiger partial charge in [-0.05, 0) is 142 Å². The van der Waals surface area contributed by atoms with Crippen LogP contribution in [0.3, 0.4) is 0 Å². The van der Waals surface area contributed by atoms with Crippen LogP contribution < -0.4 is 25.5 Å². The van der Waals surface area contributed by atoms with Crippen molar-refractivity contribution in [3.8, 4) is 44.5 Å². The molecule has 74 heavy (non-hydrogen) atoms. The standard InChI is InChI=1S/C70H47BN2S/c1-68(2,3)42-37-38-49-47-27-10-15-30-52(47)69(57(49)39-42)53-31-16-13-28-48(53)51-40-62-59(41-58(51)69)71-64-60(72(62)43-21-6-4-7-22-43)35-20-36-61(64)73(44-23-8-5-9-24-44)65-63-50-29-14-19-34-56(50)70(66(63)74-67(65)71)54-32-17-11-25-45(54)46-26-12-18-33-55(46)70/h4-41H,1-3H3. The normalized spacial score (nSPS) is 16.7. The van der Waals surface area contributed by atoms with Crippen LogP contribution in [0, 0.1) is 0 Å².